The molecule has 0 radical (unpaired) electrons. The molecule has 1 aromatic carbocycles. The van der Waals surface area contributed by atoms with Crippen LogP contribution in [0.1, 0.15) is 41.9 Å². The predicted octanol–water partition coefficient (Wildman–Crippen LogP) is 3.59. The van der Waals surface area contributed by atoms with E-state index >= 15 is 0 Å². The van der Waals surface area contributed by atoms with Crippen LogP contribution in [0.25, 0.3) is 11.3 Å². The summed E-state index contributed by atoms with van der Waals surface area (Å²) in [6.07, 6.45) is 6.34. The number of fused-ring (bicyclic) bond motifs is 1. The number of amides is 1. The van der Waals surface area contributed by atoms with E-state index in [2.05, 4.69) is 21.3 Å². The van der Waals surface area contributed by atoms with Crippen molar-refractivity contribution in [2.24, 2.45) is 0 Å². The highest BCUT2D eigenvalue weighted by molar-refractivity contribution is 5.95. The van der Waals surface area contributed by atoms with Gasteiger partial charge in [-0.05, 0) is 51.0 Å². The summed E-state index contributed by atoms with van der Waals surface area (Å²) in [6, 6.07) is 12.2. The van der Waals surface area contributed by atoms with Gasteiger partial charge in [-0.3, -0.25) is 9.78 Å². The monoisotopic (exact) mass is 528 g/mol. The van der Waals surface area contributed by atoms with Crippen LogP contribution in [-0.4, -0.2) is 83.4 Å². The first-order valence-corrected chi connectivity index (χ1v) is 14.0. The quantitative estimate of drug-likeness (QED) is 0.537. The van der Waals surface area contributed by atoms with Crippen LogP contribution in [-0.2, 0) is 22.3 Å². The maximum Gasteiger partial charge on any atom is 0.254 e. The molecule has 0 spiro atoms. The van der Waals surface area contributed by atoms with Gasteiger partial charge < -0.3 is 24.6 Å². The van der Waals surface area contributed by atoms with Crippen LogP contribution in [0.2, 0.25) is 0 Å². The molecule has 9 nitrogen and oxygen atoms in total. The van der Waals surface area contributed by atoms with Crippen LogP contribution in [0.5, 0.6) is 0 Å². The van der Waals surface area contributed by atoms with Gasteiger partial charge in [0.05, 0.1) is 42.5 Å². The molecule has 2 aromatic heterocycles. The van der Waals surface area contributed by atoms with Crippen LogP contribution in [0.4, 0.5) is 11.6 Å². The number of carbonyl (C=O) groups excluding carboxylic acids is 1. The SMILES string of the molecule is CC1CN(C(=O)c2cccc(-c3nc(N4CCOCC4)nc4c3CC[C@@H](Nc3cccnc3)C4)c2)CC(C)O1. The van der Waals surface area contributed by atoms with Crippen LogP contribution in [0.3, 0.4) is 0 Å². The molecule has 1 amide bonds. The lowest BCUT2D eigenvalue weighted by molar-refractivity contribution is -0.0586. The molecule has 2 unspecified atom stereocenters. The number of aromatic nitrogens is 3. The van der Waals surface area contributed by atoms with Crippen LogP contribution < -0.4 is 10.2 Å². The third-order valence-corrected chi connectivity index (χ3v) is 7.68. The molecule has 204 valence electrons. The molecule has 3 aromatic rings. The Hall–Kier alpha value is -3.56. The molecule has 9 heteroatoms. The zero-order valence-electron chi connectivity index (χ0n) is 22.7. The van der Waals surface area contributed by atoms with Gasteiger partial charge in [-0.15, -0.1) is 0 Å². The van der Waals surface area contributed by atoms with E-state index in [4.69, 9.17) is 19.4 Å². The second-order valence-corrected chi connectivity index (χ2v) is 10.8. The average Bonchev–Trinajstić information content (AvgIpc) is 2.96. The minimum atomic E-state index is 0.0269. The number of benzene rings is 1. The summed E-state index contributed by atoms with van der Waals surface area (Å²) < 4.78 is 11.4. The van der Waals surface area contributed by atoms with Crippen LogP contribution >= 0.6 is 0 Å². The van der Waals surface area contributed by atoms with Crippen molar-refractivity contribution in [2.45, 2.75) is 51.4 Å². The number of morpholine rings is 2. The standard InChI is InChI=1S/C30H36N6O3/c1-20-18-36(19-21(2)39-20)29(37)23-6-3-5-22(15-23)28-26-9-8-24(32-25-7-4-10-31-17-25)16-27(26)33-30(34-28)35-11-13-38-14-12-35/h3-7,10,15,17,20-21,24,32H,8-9,11-14,16,18-19H2,1-2H3/t20?,21?,24-/m1/s1. The number of rotatable bonds is 5. The molecule has 0 saturated carbocycles. The minimum absolute atomic E-state index is 0.0269. The van der Waals surface area contributed by atoms with E-state index in [1.165, 1.54) is 5.56 Å². The molecule has 6 rings (SSSR count). The Morgan fingerprint density at radius 1 is 1.05 bits per heavy atom. The van der Waals surface area contributed by atoms with E-state index in [1.807, 2.05) is 55.3 Å². The van der Waals surface area contributed by atoms with Crippen LogP contribution in [0.15, 0.2) is 48.8 Å². The maximum atomic E-state index is 13.5. The minimum Gasteiger partial charge on any atom is -0.381 e. The van der Waals surface area contributed by atoms with E-state index in [0.29, 0.717) is 31.9 Å². The normalized spacial score (nSPS) is 23.3. The Bertz CT molecular complexity index is 1300. The Balaban J connectivity index is 1.33. The fourth-order valence-electron chi connectivity index (χ4n) is 5.88. The summed E-state index contributed by atoms with van der Waals surface area (Å²) in [4.78, 5) is 32.0. The lowest BCUT2D eigenvalue weighted by atomic mass is 9.88. The van der Waals surface area contributed by atoms with Gasteiger partial charge in [0, 0.05) is 67.7 Å². The van der Waals surface area contributed by atoms with Gasteiger partial charge in [-0.25, -0.2) is 9.97 Å². The largest absolute Gasteiger partial charge is 0.381 e. The second kappa shape index (κ2) is 11.3. The highest BCUT2D eigenvalue weighted by Gasteiger charge is 2.29. The summed E-state index contributed by atoms with van der Waals surface area (Å²) in [5.74, 6) is 0.776. The zero-order valence-corrected chi connectivity index (χ0v) is 22.7. The Morgan fingerprint density at radius 2 is 1.87 bits per heavy atom. The number of pyridine rings is 1. The highest BCUT2D eigenvalue weighted by Crippen LogP contribution is 2.33. The first-order valence-electron chi connectivity index (χ1n) is 14.0. The molecule has 1 aliphatic carbocycles. The molecule has 3 atom stereocenters. The average molecular weight is 529 g/mol. The summed E-state index contributed by atoms with van der Waals surface area (Å²) in [5, 5.41) is 3.63. The van der Waals surface area contributed by atoms with E-state index in [9.17, 15) is 4.79 Å². The maximum absolute atomic E-state index is 13.5. The van der Waals surface area contributed by atoms with Crippen molar-refractivity contribution in [1.29, 1.82) is 0 Å². The third kappa shape index (κ3) is 5.74. The Labute approximate surface area is 229 Å². The molecule has 2 aliphatic heterocycles. The Kier molecular flexibility index (Phi) is 7.43. The van der Waals surface area contributed by atoms with E-state index in [0.717, 1.165) is 60.9 Å². The van der Waals surface area contributed by atoms with E-state index in [1.54, 1.807) is 6.20 Å². The fourth-order valence-corrected chi connectivity index (χ4v) is 5.88. The van der Waals surface area contributed by atoms with Gasteiger partial charge in [0.15, 0.2) is 0 Å². The highest BCUT2D eigenvalue weighted by atomic mass is 16.5. The first-order chi connectivity index (χ1) is 19.0. The molecule has 39 heavy (non-hydrogen) atoms. The molecular formula is C30H36N6O3. The number of carbonyl (C=O) groups is 1. The summed E-state index contributed by atoms with van der Waals surface area (Å²) in [7, 11) is 0. The van der Waals surface area contributed by atoms with Crippen molar-refractivity contribution >= 4 is 17.5 Å². The first kappa shape index (κ1) is 25.7. The topological polar surface area (TPSA) is 92.7 Å². The second-order valence-electron chi connectivity index (χ2n) is 10.8. The van der Waals surface area contributed by atoms with Crippen molar-refractivity contribution in [3.63, 3.8) is 0 Å². The van der Waals surface area contributed by atoms with Crippen molar-refractivity contribution in [2.75, 3.05) is 49.6 Å². The molecule has 0 bridgehead atoms. The summed E-state index contributed by atoms with van der Waals surface area (Å²) >= 11 is 0. The fraction of sp³-hybridized carbons (Fsp3) is 0.467. The number of anilines is 2. The van der Waals surface area contributed by atoms with Gasteiger partial charge in [-0.2, -0.15) is 0 Å². The molecule has 1 N–H and O–H groups in total. The van der Waals surface area contributed by atoms with Gasteiger partial charge >= 0.3 is 0 Å². The summed E-state index contributed by atoms with van der Waals surface area (Å²) in [5.41, 5.74) is 5.84. The third-order valence-electron chi connectivity index (χ3n) is 7.68. The van der Waals surface area contributed by atoms with E-state index in [-0.39, 0.29) is 24.2 Å². The number of hydrogen-bond acceptors (Lipinski definition) is 8. The molecule has 4 heterocycles. The number of hydrogen-bond donors (Lipinski definition) is 1. The molecule has 2 saturated heterocycles. The van der Waals surface area contributed by atoms with Crippen molar-refractivity contribution in [3.05, 3.63) is 65.6 Å². The van der Waals surface area contributed by atoms with Gasteiger partial charge in [0.25, 0.3) is 5.91 Å². The summed E-state index contributed by atoms with van der Waals surface area (Å²) in [6.45, 7) is 8.10. The van der Waals surface area contributed by atoms with Gasteiger partial charge in [0.2, 0.25) is 5.95 Å². The van der Waals surface area contributed by atoms with Gasteiger partial charge in [-0.1, -0.05) is 12.1 Å². The van der Waals surface area contributed by atoms with Crippen LogP contribution in [0, 0.1) is 0 Å². The Morgan fingerprint density at radius 3 is 2.64 bits per heavy atom. The molecule has 3 aliphatic rings. The predicted molar refractivity (Wildman–Crippen MR) is 150 cm³/mol. The van der Waals surface area contributed by atoms with Crippen molar-refractivity contribution in [1.82, 2.24) is 19.9 Å². The lowest BCUT2D eigenvalue weighted by Crippen LogP contribution is -2.48. The number of nitrogens with one attached hydrogen (secondary N) is 1. The smallest absolute Gasteiger partial charge is 0.254 e. The number of ether oxygens (including phenoxy) is 2. The number of nitrogens with zero attached hydrogens (tertiary/aromatic N) is 5. The van der Waals surface area contributed by atoms with Crippen molar-refractivity contribution in [3.8, 4) is 11.3 Å². The van der Waals surface area contributed by atoms with E-state index < -0.39 is 0 Å². The molecule has 2 fully saturated rings. The zero-order chi connectivity index (χ0) is 26.8. The van der Waals surface area contributed by atoms with Crippen molar-refractivity contribution < 1.29 is 14.3 Å². The lowest BCUT2D eigenvalue weighted by Gasteiger charge is -2.35. The molecular weight excluding hydrogens is 492 g/mol. The van der Waals surface area contributed by atoms with Gasteiger partial charge in [0.1, 0.15) is 0 Å².